The lowest BCUT2D eigenvalue weighted by Crippen LogP contribution is -2.32. The van der Waals surface area contributed by atoms with Gasteiger partial charge in [-0.3, -0.25) is 9.78 Å². The van der Waals surface area contributed by atoms with Gasteiger partial charge in [0.1, 0.15) is 5.25 Å². The number of fused-ring (bicyclic) bond motifs is 1. The lowest BCUT2D eigenvalue weighted by Gasteiger charge is -2.15. The molecule has 0 spiro atoms. The quantitative estimate of drug-likeness (QED) is 0.860. The van der Waals surface area contributed by atoms with Crippen LogP contribution < -0.4 is 5.14 Å². The fraction of sp³-hybridized carbons (Fsp3) is 0.308. The van der Waals surface area contributed by atoms with Crippen LogP contribution in [0.15, 0.2) is 30.5 Å². The van der Waals surface area contributed by atoms with Crippen molar-refractivity contribution in [1.29, 1.82) is 0 Å². The number of benzene rings is 1. The van der Waals surface area contributed by atoms with Gasteiger partial charge in [0.15, 0.2) is 0 Å². The van der Waals surface area contributed by atoms with Crippen LogP contribution in [0.2, 0.25) is 0 Å². The number of primary sulfonamides is 1. The molecule has 1 aliphatic heterocycles. The van der Waals surface area contributed by atoms with Gasteiger partial charge < -0.3 is 4.90 Å². The van der Waals surface area contributed by atoms with E-state index < -0.39 is 15.3 Å². The molecule has 0 aliphatic carbocycles. The van der Waals surface area contributed by atoms with Crippen molar-refractivity contribution < 1.29 is 13.2 Å². The zero-order valence-electron chi connectivity index (χ0n) is 11.1. The number of hydrogen-bond acceptors (Lipinski definition) is 5. The van der Waals surface area contributed by atoms with Crippen LogP contribution in [0.3, 0.4) is 0 Å². The van der Waals surface area contributed by atoms with E-state index in [4.69, 9.17) is 5.14 Å². The van der Waals surface area contributed by atoms with Gasteiger partial charge in [0.2, 0.25) is 15.9 Å². The summed E-state index contributed by atoms with van der Waals surface area (Å²) in [5.41, 5.74) is 2.14. The molecule has 1 aliphatic rings. The Labute approximate surface area is 121 Å². The number of sulfonamides is 1. The molecule has 8 heteroatoms. The molecule has 0 saturated carbocycles. The molecule has 0 bridgehead atoms. The number of carbonyl (C=O) groups excluding carboxylic acids is 1. The minimum atomic E-state index is -3.69. The smallest absolute Gasteiger partial charge is 0.224 e. The average Bonchev–Trinajstić information content (AvgIpc) is 2.80. The monoisotopic (exact) mass is 306 g/mol. The number of rotatable bonds is 3. The van der Waals surface area contributed by atoms with Crippen molar-refractivity contribution in [3.63, 3.8) is 0 Å². The van der Waals surface area contributed by atoms with Crippen LogP contribution in [0.1, 0.15) is 12.1 Å². The third-order valence-corrected chi connectivity index (χ3v) is 4.74. The highest BCUT2D eigenvalue weighted by atomic mass is 32.2. The number of amides is 1. The highest BCUT2D eigenvalue weighted by Crippen LogP contribution is 2.19. The first-order valence-electron chi connectivity index (χ1n) is 6.43. The molecule has 0 radical (unpaired) electrons. The first kappa shape index (κ1) is 13.9. The summed E-state index contributed by atoms with van der Waals surface area (Å²) in [6.07, 6.45) is 1.53. The van der Waals surface area contributed by atoms with Gasteiger partial charge in [-0.05, 0) is 12.1 Å². The van der Waals surface area contributed by atoms with Crippen molar-refractivity contribution in [3.8, 4) is 0 Å². The first-order chi connectivity index (χ1) is 9.93. The Bertz CT molecular complexity index is 806. The van der Waals surface area contributed by atoms with Crippen LogP contribution in [0, 0.1) is 0 Å². The third kappa shape index (κ3) is 2.86. The van der Waals surface area contributed by atoms with E-state index in [0.717, 1.165) is 11.0 Å². The third-order valence-electron chi connectivity index (χ3n) is 3.49. The Hall–Kier alpha value is -2.06. The lowest BCUT2D eigenvalue weighted by molar-refractivity contribution is -0.128. The number of nitrogens with two attached hydrogens (primary N) is 1. The fourth-order valence-corrected chi connectivity index (χ4v) is 3.14. The molecule has 110 valence electrons. The summed E-state index contributed by atoms with van der Waals surface area (Å²) in [5.74, 6) is -0.232. The summed E-state index contributed by atoms with van der Waals surface area (Å²) >= 11 is 0. The molecule has 2 N–H and O–H groups in total. The number of aromatic nitrogens is 2. The molecule has 2 aromatic rings. The van der Waals surface area contributed by atoms with Crippen molar-refractivity contribution in [3.05, 3.63) is 36.2 Å². The van der Waals surface area contributed by atoms with E-state index in [0.29, 0.717) is 5.69 Å². The molecule has 3 rings (SSSR count). The maximum atomic E-state index is 11.9. The largest absolute Gasteiger partial charge is 0.335 e. The molecule has 1 aromatic carbocycles. The molecule has 1 atom stereocenters. The summed E-state index contributed by atoms with van der Waals surface area (Å²) in [7, 11) is -3.69. The second-order valence-corrected chi connectivity index (χ2v) is 6.88. The minimum absolute atomic E-state index is 0.0696. The zero-order chi connectivity index (χ0) is 15.0. The van der Waals surface area contributed by atoms with Crippen molar-refractivity contribution in [1.82, 2.24) is 14.9 Å². The second kappa shape index (κ2) is 5.05. The Morgan fingerprint density at radius 2 is 2.00 bits per heavy atom. The molecule has 7 nitrogen and oxygen atoms in total. The maximum Gasteiger partial charge on any atom is 0.224 e. The molecule has 1 amide bonds. The van der Waals surface area contributed by atoms with Gasteiger partial charge in [-0.15, -0.1) is 0 Å². The summed E-state index contributed by atoms with van der Waals surface area (Å²) in [6, 6.07) is 7.42. The maximum absolute atomic E-state index is 11.9. The van der Waals surface area contributed by atoms with Gasteiger partial charge in [-0.25, -0.2) is 18.5 Å². The predicted molar refractivity (Wildman–Crippen MR) is 76.5 cm³/mol. The highest BCUT2D eigenvalue weighted by molar-refractivity contribution is 7.89. The van der Waals surface area contributed by atoms with Gasteiger partial charge in [-0.2, -0.15) is 0 Å². The first-order valence-corrected chi connectivity index (χ1v) is 8.04. The Morgan fingerprint density at radius 3 is 2.67 bits per heavy atom. The molecular weight excluding hydrogens is 292 g/mol. The molecule has 21 heavy (non-hydrogen) atoms. The van der Waals surface area contributed by atoms with Crippen molar-refractivity contribution in [2.24, 2.45) is 5.14 Å². The van der Waals surface area contributed by atoms with E-state index in [9.17, 15) is 13.2 Å². The molecule has 2 heterocycles. The van der Waals surface area contributed by atoms with E-state index >= 15 is 0 Å². The van der Waals surface area contributed by atoms with Crippen LogP contribution in [0.4, 0.5) is 0 Å². The number of para-hydroxylation sites is 2. The molecule has 1 fully saturated rings. The SMILES string of the molecule is NS(=O)(=O)C1CC(=O)N(Cc2cnc3ccccc3n2)C1. The zero-order valence-corrected chi connectivity index (χ0v) is 12.0. The van der Waals surface area contributed by atoms with Gasteiger partial charge >= 0.3 is 0 Å². The van der Waals surface area contributed by atoms with Crippen LogP contribution in [0.5, 0.6) is 0 Å². The second-order valence-electron chi connectivity index (χ2n) is 5.04. The summed E-state index contributed by atoms with van der Waals surface area (Å²) < 4.78 is 22.6. The molecule has 1 saturated heterocycles. The molecular formula is C13H14N4O3S. The summed E-state index contributed by atoms with van der Waals surface area (Å²) in [4.78, 5) is 22.0. The van der Waals surface area contributed by atoms with Crippen LogP contribution in [-0.2, 0) is 21.4 Å². The highest BCUT2D eigenvalue weighted by Gasteiger charge is 2.36. The Morgan fingerprint density at radius 1 is 1.29 bits per heavy atom. The van der Waals surface area contributed by atoms with Gasteiger partial charge in [0.05, 0.1) is 29.5 Å². The fourth-order valence-electron chi connectivity index (χ4n) is 2.38. The number of carbonyl (C=O) groups is 1. The van der Waals surface area contributed by atoms with E-state index in [1.807, 2.05) is 24.3 Å². The molecule has 1 unspecified atom stereocenters. The van der Waals surface area contributed by atoms with Gasteiger partial charge in [0.25, 0.3) is 0 Å². The van der Waals surface area contributed by atoms with E-state index in [1.165, 1.54) is 4.90 Å². The van der Waals surface area contributed by atoms with Crippen molar-refractivity contribution in [2.75, 3.05) is 6.54 Å². The standard InChI is InChI=1S/C13H14N4O3S/c14-21(19,20)10-5-13(18)17(8-10)7-9-6-15-11-3-1-2-4-12(11)16-9/h1-4,6,10H,5,7-8H2,(H2,14,19,20). The van der Waals surface area contributed by atoms with Gasteiger partial charge in [0, 0.05) is 13.0 Å². The van der Waals surface area contributed by atoms with Crippen molar-refractivity contribution >= 4 is 27.0 Å². The van der Waals surface area contributed by atoms with E-state index in [-0.39, 0.29) is 25.4 Å². The molecule has 1 aromatic heterocycles. The lowest BCUT2D eigenvalue weighted by atomic mass is 10.3. The Balaban J connectivity index is 1.81. The van der Waals surface area contributed by atoms with E-state index in [1.54, 1.807) is 6.20 Å². The average molecular weight is 306 g/mol. The van der Waals surface area contributed by atoms with Gasteiger partial charge in [-0.1, -0.05) is 12.1 Å². The predicted octanol–water partition coefficient (Wildman–Crippen LogP) is 0.0192. The van der Waals surface area contributed by atoms with Crippen LogP contribution in [0.25, 0.3) is 11.0 Å². The normalized spacial score (nSPS) is 19.4. The number of nitrogens with zero attached hydrogens (tertiary/aromatic N) is 3. The minimum Gasteiger partial charge on any atom is -0.335 e. The van der Waals surface area contributed by atoms with Crippen molar-refractivity contribution in [2.45, 2.75) is 18.2 Å². The summed E-state index contributed by atoms with van der Waals surface area (Å²) in [6.45, 7) is 0.342. The van der Waals surface area contributed by atoms with Crippen LogP contribution >= 0.6 is 0 Å². The number of hydrogen-bond donors (Lipinski definition) is 1. The van der Waals surface area contributed by atoms with E-state index in [2.05, 4.69) is 9.97 Å². The Kier molecular flexibility index (Phi) is 3.34. The van der Waals surface area contributed by atoms with Crippen LogP contribution in [-0.4, -0.2) is 41.0 Å². The number of likely N-dealkylation sites (tertiary alicyclic amines) is 1. The summed E-state index contributed by atoms with van der Waals surface area (Å²) in [5, 5.41) is 4.26. The topological polar surface area (TPSA) is 106 Å².